The van der Waals surface area contributed by atoms with Gasteiger partial charge in [0.25, 0.3) is 0 Å². The zero-order chi connectivity index (χ0) is 13.7. The van der Waals surface area contributed by atoms with Gasteiger partial charge in [-0.2, -0.15) is 0 Å². The van der Waals surface area contributed by atoms with E-state index >= 15 is 0 Å². The third-order valence-electron chi connectivity index (χ3n) is 3.26. The number of carbonyl (C=O) groups is 1. The first-order valence-corrected chi connectivity index (χ1v) is 6.81. The van der Waals surface area contributed by atoms with Gasteiger partial charge in [0.05, 0.1) is 18.3 Å². The van der Waals surface area contributed by atoms with Crippen LogP contribution in [0.1, 0.15) is 41.6 Å². The molecule has 0 bridgehead atoms. The number of carbonyl (C=O) groups excluding carboxylic acids is 1. The Balaban J connectivity index is 1.74. The fraction of sp³-hybridized carbons (Fsp3) is 0.533. The van der Waals surface area contributed by atoms with Crippen LogP contribution >= 0.6 is 0 Å². The van der Waals surface area contributed by atoms with Crippen LogP contribution in [0.15, 0.2) is 18.2 Å². The fourth-order valence-corrected chi connectivity index (χ4v) is 2.36. The molecule has 104 valence electrons. The molecule has 0 amide bonds. The Morgan fingerprint density at radius 1 is 1.47 bits per heavy atom. The number of benzene rings is 1. The summed E-state index contributed by atoms with van der Waals surface area (Å²) < 4.78 is 10.8. The smallest absolute Gasteiger partial charge is 0.338 e. The molecule has 1 heterocycles. The molecule has 1 aromatic rings. The normalized spacial score (nSPS) is 18.5. The number of hydrogen-bond donors (Lipinski definition) is 1. The SMILES string of the molecule is Cc1cc(N)cc(C(=O)OCCCC2CCCO2)c1. The van der Waals surface area contributed by atoms with Gasteiger partial charge in [-0.1, -0.05) is 0 Å². The lowest BCUT2D eigenvalue weighted by atomic mass is 10.1. The van der Waals surface area contributed by atoms with E-state index in [9.17, 15) is 4.79 Å². The van der Waals surface area contributed by atoms with E-state index in [-0.39, 0.29) is 5.97 Å². The van der Waals surface area contributed by atoms with Gasteiger partial charge in [-0.3, -0.25) is 0 Å². The summed E-state index contributed by atoms with van der Waals surface area (Å²) in [5, 5.41) is 0. The molecule has 4 nitrogen and oxygen atoms in total. The minimum atomic E-state index is -0.303. The van der Waals surface area contributed by atoms with Gasteiger partial charge in [-0.05, 0) is 56.4 Å². The molecule has 19 heavy (non-hydrogen) atoms. The van der Waals surface area contributed by atoms with Crippen LogP contribution in [0, 0.1) is 6.92 Å². The number of ether oxygens (including phenoxy) is 2. The summed E-state index contributed by atoms with van der Waals surface area (Å²) in [6.07, 6.45) is 4.43. The van der Waals surface area contributed by atoms with Gasteiger partial charge in [0.1, 0.15) is 0 Å². The monoisotopic (exact) mass is 263 g/mol. The van der Waals surface area contributed by atoms with Crippen LogP contribution in [0.4, 0.5) is 5.69 Å². The quantitative estimate of drug-likeness (QED) is 0.504. The Hall–Kier alpha value is -1.55. The van der Waals surface area contributed by atoms with Gasteiger partial charge in [-0.25, -0.2) is 4.79 Å². The van der Waals surface area contributed by atoms with Crippen molar-refractivity contribution in [3.8, 4) is 0 Å². The summed E-state index contributed by atoms with van der Waals surface area (Å²) in [7, 11) is 0. The second kappa shape index (κ2) is 6.57. The standard InChI is InChI=1S/C15H21NO3/c1-11-8-12(10-13(16)9-11)15(17)19-7-3-5-14-4-2-6-18-14/h8-10,14H,2-7,16H2,1H3. The fourth-order valence-electron chi connectivity index (χ4n) is 2.36. The highest BCUT2D eigenvalue weighted by Gasteiger charge is 2.15. The molecular formula is C15H21NO3. The maximum atomic E-state index is 11.8. The molecule has 1 unspecified atom stereocenters. The Labute approximate surface area is 113 Å². The maximum absolute atomic E-state index is 11.8. The van der Waals surface area contributed by atoms with Crippen molar-refractivity contribution in [3.05, 3.63) is 29.3 Å². The Morgan fingerprint density at radius 3 is 3.00 bits per heavy atom. The Morgan fingerprint density at radius 2 is 2.32 bits per heavy atom. The van der Waals surface area contributed by atoms with E-state index in [1.165, 1.54) is 0 Å². The van der Waals surface area contributed by atoms with E-state index in [1.807, 2.05) is 13.0 Å². The first-order valence-electron chi connectivity index (χ1n) is 6.81. The molecule has 0 saturated carbocycles. The molecule has 1 aromatic carbocycles. The predicted molar refractivity (Wildman–Crippen MR) is 74.1 cm³/mol. The van der Waals surface area contributed by atoms with Crippen LogP contribution in [0.2, 0.25) is 0 Å². The first-order chi connectivity index (χ1) is 9.15. The summed E-state index contributed by atoms with van der Waals surface area (Å²) in [5.41, 5.74) is 7.79. The van der Waals surface area contributed by atoms with Crippen molar-refractivity contribution < 1.29 is 14.3 Å². The molecule has 4 heteroatoms. The summed E-state index contributed by atoms with van der Waals surface area (Å²) in [6, 6.07) is 5.27. The van der Waals surface area contributed by atoms with Crippen LogP contribution in [-0.2, 0) is 9.47 Å². The molecule has 0 aliphatic carbocycles. The summed E-state index contributed by atoms with van der Waals surface area (Å²) in [6.45, 7) is 3.21. The predicted octanol–water partition coefficient (Wildman–Crippen LogP) is 2.69. The number of esters is 1. The largest absolute Gasteiger partial charge is 0.462 e. The molecule has 1 saturated heterocycles. The number of aryl methyl sites for hydroxylation is 1. The molecule has 1 aliphatic rings. The number of nitrogen functional groups attached to an aromatic ring is 1. The van der Waals surface area contributed by atoms with Gasteiger partial charge in [0.2, 0.25) is 0 Å². The van der Waals surface area contributed by atoms with Crippen molar-refractivity contribution in [3.63, 3.8) is 0 Å². The van der Waals surface area contributed by atoms with E-state index < -0.39 is 0 Å². The van der Waals surface area contributed by atoms with Gasteiger partial charge < -0.3 is 15.2 Å². The second-order valence-corrected chi connectivity index (χ2v) is 5.05. The number of hydrogen-bond acceptors (Lipinski definition) is 4. The zero-order valence-corrected chi connectivity index (χ0v) is 11.4. The van der Waals surface area contributed by atoms with Gasteiger partial charge in [-0.15, -0.1) is 0 Å². The highest BCUT2D eigenvalue weighted by molar-refractivity contribution is 5.90. The maximum Gasteiger partial charge on any atom is 0.338 e. The zero-order valence-electron chi connectivity index (χ0n) is 11.4. The second-order valence-electron chi connectivity index (χ2n) is 5.05. The highest BCUT2D eigenvalue weighted by Crippen LogP contribution is 2.17. The molecule has 2 N–H and O–H groups in total. The third kappa shape index (κ3) is 4.24. The molecule has 1 fully saturated rings. The lowest BCUT2D eigenvalue weighted by Crippen LogP contribution is -2.10. The van der Waals surface area contributed by atoms with Crippen LogP contribution in [0.5, 0.6) is 0 Å². The average molecular weight is 263 g/mol. The molecule has 1 aliphatic heterocycles. The average Bonchev–Trinajstić information content (AvgIpc) is 2.86. The number of rotatable bonds is 5. The van der Waals surface area contributed by atoms with Gasteiger partial charge in [0.15, 0.2) is 0 Å². The van der Waals surface area contributed by atoms with Crippen LogP contribution in [0.3, 0.4) is 0 Å². The van der Waals surface area contributed by atoms with E-state index in [0.29, 0.717) is 24.0 Å². The summed E-state index contributed by atoms with van der Waals surface area (Å²) in [5.74, 6) is -0.303. The van der Waals surface area contributed by atoms with Crippen LogP contribution in [0.25, 0.3) is 0 Å². The molecule has 2 rings (SSSR count). The molecule has 1 atom stereocenters. The summed E-state index contributed by atoms with van der Waals surface area (Å²) >= 11 is 0. The minimum Gasteiger partial charge on any atom is -0.462 e. The van der Waals surface area contributed by atoms with Gasteiger partial charge >= 0.3 is 5.97 Å². The van der Waals surface area contributed by atoms with Crippen molar-refractivity contribution in [2.24, 2.45) is 0 Å². The van der Waals surface area contributed by atoms with E-state index in [4.69, 9.17) is 15.2 Å². The number of nitrogens with two attached hydrogens (primary N) is 1. The first kappa shape index (κ1) is 13.9. The molecule has 0 spiro atoms. The highest BCUT2D eigenvalue weighted by atomic mass is 16.5. The Kier molecular flexibility index (Phi) is 4.80. The molecule has 0 radical (unpaired) electrons. The van der Waals surface area contributed by atoms with Crippen LogP contribution < -0.4 is 5.73 Å². The lowest BCUT2D eigenvalue weighted by Gasteiger charge is -2.09. The van der Waals surface area contributed by atoms with E-state index in [0.717, 1.165) is 37.9 Å². The van der Waals surface area contributed by atoms with Gasteiger partial charge in [0, 0.05) is 12.3 Å². The van der Waals surface area contributed by atoms with Crippen molar-refractivity contribution in [2.75, 3.05) is 18.9 Å². The van der Waals surface area contributed by atoms with Crippen molar-refractivity contribution in [1.82, 2.24) is 0 Å². The third-order valence-corrected chi connectivity index (χ3v) is 3.26. The molecule has 0 aromatic heterocycles. The van der Waals surface area contributed by atoms with E-state index in [1.54, 1.807) is 12.1 Å². The van der Waals surface area contributed by atoms with Crippen molar-refractivity contribution in [2.45, 2.75) is 38.7 Å². The lowest BCUT2D eigenvalue weighted by molar-refractivity contribution is 0.0461. The Bertz CT molecular complexity index is 419. The topological polar surface area (TPSA) is 61.6 Å². The number of anilines is 1. The van der Waals surface area contributed by atoms with E-state index in [2.05, 4.69) is 0 Å². The van der Waals surface area contributed by atoms with Crippen molar-refractivity contribution >= 4 is 11.7 Å². The minimum absolute atomic E-state index is 0.303. The van der Waals surface area contributed by atoms with Crippen molar-refractivity contribution in [1.29, 1.82) is 0 Å². The van der Waals surface area contributed by atoms with Crippen LogP contribution in [-0.4, -0.2) is 25.3 Å². The molecular weight excluding hydrogens is 242 g/mol. The summed E-state index contributed by atoms with van der Waals surface area (Å²) in [4.78, 5) is 11.8.